The Balaban J connectivity index is 2.42. The largest absolute Gasteiger partial charge is 0.481 e. The molecule has 0 spiro atoms. The van der Waals surface area contributed by atoms with Crippen LogP contribution >= 0.6 is 0 Å². The fourth-order valence-corrected chi connectivity index (χ4v) is 2.51. The van der Waals surface area contributed by atoms with Gasteiger partial charge in [0.05, 0.1) is 11.6 Å². The molecule has 0 aromatic rings. The van der Waals surface area contributed by atoms with Crippen molar-refractivity contribution in [1.82, 2.24) is 0 Å². The van der Waals surface area contributed by atoms with Gasteiger partial charge in [0.25, 0.3) is 0 Å². The average Bonchev–Trinajstić information content (AvgIpc) is 2.33. The van der Waals surface area contributed by atoms with E-state index < -0.39 is 18.1 Å². The lowest BCUT2D eigenvalue weighted by atomic mass is 9.78. The molecule has 7 heteroatoms. The van der Waals surface area contributed by atoms with Crippen molar-refractivity contribution >= 4 is 11.7 Å². The van der Waals surface area contributed by atoms with E-state index in [0.29, 0.717) is 31.4 Å². The molecule has 0 aliphatic heterocycles. The minimum absolute atomic E-state index is 0.0308. The van der Waals surface area contributed by atoms with E-state index in [9.17, 15) is 18.0 Å². The first-order chi connectivity index (χ1) is 8.84. The van der Waals surface area contributed by atoms with Crippen molar-refractivity contribution in [2.75, 3.05) is 0 Å². The van der Waals surface area contributed by atoms with Crippen molar-refractivity contribution < 1.29 is 28.3 Å². The fraction of sp³-hybridized carbons (Fsp3) is 0.833. The van der Waals surface area contributed by atoms with Gasteiger partial charge in [0.15, 0.2) is 0 Å². The minimum atomic E-state index is -4.15. The summed E-state index contributed by atoms with van der Waals surface area (Å²) in [6.07, 6.45) is -2.73. The van der Waals surface area contributed by atoms with Crippen LogP contribution in [0.25, 0.3) is 0 Å². The number of carboxylic acids is 1. The lowest BCUT2D eigenvalue weighted by molar-refractivity contribution is -0.182. The van der Waals surface area contributed by atoms with E-state index in [-0.39, 0.29) is 25.2 Å². The quantitative estimate of drug-likeness (QED) is 0.460. The number of nitrogens with zero attached hydrogens (tertiary/aromatic N) is 1. The Morgan fingerprint density at radius 3 is 2.16 bits per heavy atom. The van der Waals surface area contributed by atoms with Gasteiger partial charge in [-0.15, -0.1) is 0 Å². The number of hydrogen-bond acceptors (Lipinski definition) is 3. The highest BCUT2D eigenvalue weighted by Gasteiger charge is 2.42. The molecular formula is C12H18F3NO3. The normalized spacial score (nSPS) is 25.3. The van der Waals surface area contributed by atoms with Crippen LogP contribution < -0.4 is 0 Å². The number of alkyl halides is 3. The van der Waals surface area contributed by atoms with Gasteiger partial charge in [0, 0.05) is 12.3 Å². The second-order valence-electron chi connectivity index (χ2n) is 4.93. The van der Waals surface area contributed by atoms with Crippen LogP contribution in [0.3, 0.4) is 0 Å². The molecule has 1 saturated carbocycles. The highest BCUT2D eigenvalue weighted by molar-refractivity contribution is 5.86. The summed E-state index contributed by atoms with van der Waals surface area (Å²) in [5.41, 5.74) is 0.432. The summed E-state index contributed by atoms with van der Waals surface area (Å²) < 4.78 is 37.5. The first-order valence-corrected chi connectivity index (χ1v) is 6.34. The van der Waals surface area contributed by atoms with Crippen molar-refractivity contribution in [3.8, 4) is 0 Å². The van der Waals surface area contributed by atoms with Crippen LogP contribution in [0.5, 0.6) is 0 Å². The van der Waals surface area contributed by atoms with Crippen LogP contribution in [0.1, 0.15) is 44.9 Å². The lowest BCUT2D eigenvalue weighted by Crippen LogP contribution is -2.30. The summed E-state index contributed by atoms with van der Waals surface area (Å²) >= 11 is 0. The molecule has 0 amide bonds. The van der Waals surface area contributed by atoms with Crippen LogP contribution in [0, 0.1) is 11.8 Å². The molecule has 19 heavy (non-hydrogen) atoms. The number of aliphatic carboxylic acids is 1. The van der Waals surface area contributed by atoms with Crippen LogP contribution in [0.15, 0.2) is 5.16 Å². The van der Waals surface area contributed by atoms with Gasteiger partial charge in [0.2, 0.25) is 0 Å². The summed E-state index contributed by atoms with van der Waals surface area (Å²) in [7, 11) is 0. The second kappa shape index (κ2) is 6.77. The lowest BCUT2D eigenvalue weighted by Gasteiger charge is -2.30. The molecular weight excluding hydrogens is 263 g/mol. The zero-order valence-corrected chi connectivity index (χ0v) is 10.5. The molecule has 110 valence electrons. The van der Waals surface area contributed by atoms with Crippen molar-refractivity contribution in [3.63, 3.8) is 0 Å². The summed E-state index contributed by atoms with van der Waals surface area (Å²) in [5.74, 6) is -2.35. The molecule has 0 radical (unpaired) electrons. The maximum atomic E-state index is 12.5. The average molecular weight is 281 g/mol. The number of carbonyl (C=O) groups is 1. The van der Waals surface area contributed by atoms with Crippen LogP contribution in [0.2, 0.25) is 0 Å². The maximum absolute atomic E-state index is 12.5. The Morgan fingerprint density at radius 1 is 1.16 bits per heavy atom. The highest BCUT2D eigenvalue weighted by Crippen LogP contribution is 2.40. The Labute approximate surface area is 109 Å². The SMILES string of the molecule is O=C(O)CCC/C(=N\O)C1CCC(C(F)(F)F)CC1. The van der Waals surface area contributed by atoms with E-state index in [1.165, 1.54) is 0 Å². The van der Waals surface area contributed by atoms with Crippen molar-refractivity contribution in [2.45, 2.75) is 51.1 Å². The molecule has 2 N–H and O–H groups in total. The Morgan fingerprint density at radius 2 is 1.74 bits per heavy atom. The Hall–Kier alpha value is -1.27. The van der Waals surface area contributed by atoms with E-state index in [4.69, 9.17) is 10.3 Å². The Bertz CT molecular complexity index is 334. The van der Waals surface area contributed by atoms with Crippen LogP contribution in [-0.2, 0) is 4.79 Å². The smallest absolute Gasteiger partial charge is 0.391 e. The molecule has 0 unspecified atom stereocenters. The fourth-order valence-electron chi connectivity index (χ4n) is 2.51. The topological polar surface area (TPSA) is 69.9 Å². The highest BCUT2D eigenvalue weighted by atomic mass is 19.4. The zero-order valence-electron chi connectivity index (χ0n) is 10.5. The van der Waals surface area contributed by atoms with Gasteiger partial charge in [-0.2, -0.15) is 13.2 Å². The third-order valence-electron chi connectivity index (χ3n) is 3.61. The molecule has 0 atom stereocenters. The molecule has 0 heterocycles. The number of oxime groups is 1. The van der Waals surface area contributed by atoms with Gasteiger partial charge < -0.3 is 10.3 Å². The van der Waals surface area contributed by atoms with Gasteiger partial charge in [-0.3, -0.25) is 4.79 Å². The summed E-state index contributed by atoms with van der Waals surface area (Å²) in [6, 6.07) is 0. The second-order valence-corrected chi connectivity index (χ2v) is 4.93. The zero-order chi connectivity index (χ0) is 14.5. The third kappa shape index (κ3) is 5.08. The van der Waals surface area contributed by atoms with E-state index in [0.717, 1.165) is 0 Å². The van der Waals surface area contributed by atoms with Gasteiger partial charge in [-0.25, -0.2) is 0 Å². The summed E-state index contributed by atoms with van der Waals surface area (Å²) in [5, 5.41) is 20.5. The molecule has 1 aliphatic carbocycles. The standard InChI is InChI=1S/C12H18F3NO3/c13-12(14,15)9-6-4-8(5-7-9)10(16-19)2-1-3-11(17)18/h8-9,19H,1-7H2,(H,17,18)/b16-10+. The molecule has 0 aromatic heterocycles. The van der Waals surface area contributed by atoms with Gasteiger partial charge in [0.1, 0.15) is 0 Å². The molecule has 0 aromatic carbocycles. The predicted octanol–water partition coefficient (Wildman–Crippen LogP) is 3.44. The first kappa shape index (κ1) is 15.8. The van der Waals surface area contributed by atoms with E-state index >= 15 is 0 Å². The maximum Gasteiger partial charge on any atom is 0.391 e. The summed E-state index contributed by atoms with van der Waals surface area (Å²) in [4.78, 5) is 10.4. The van der Waals surface area contributed by atoms with Gasteiger partial charge >= 0.3 is 12.1 Å². The van der Waals surface area contributed by atoms with E-state index in [2.05, 4.69) is 5.16 Å². The van der Waals surface area contributed by atoms with Gasteiger partial charge in [-0.05, 0) is 38.5 Å². The third-order valence-corrected chi connectivity index (χ3v) is 3.61. The van der Waals surface area contributed by atoms with Crippen LogP contribution in [0.4, 0.5) is 13.2 Å². The van der Waals surface area contributed by atoms with Crippen LogP contribution in [-0.4, -0.2) is 28.2 Å². The van der Waals surface area contributed by atoms with E-state index in [1.807, 2.05) is 0 Å². The molecule has 1 aliphatic rings. The summed E-state index contributed by atoms with van der Waals surface area (Å²) in [6.45, 7) is 0. The number of halogens is 3. The molecule has 0 saturated heterocycles. The molecule has 1 fully saturated rings. The van der Waals surface area contributed by atoms with Crippen molar-refractivity contribution in [2.24, 2.45) is 17.0 Å². The van der Waals surface area contributed by atoms with Crippen molar-refractivity contribution in [3.05, 3.63) is 0 Å². The molecule has 0 bridgehead atoms. The molecule has 4 nitrogen and oxygen atoms in total. The molecule has 1 rings (SSSR count). The monoisotopic (exact) mass is 281 g/mol. The number of hydrogen-bond donors (Lipinski definition) is 2. The predicted molar refractivity (Wildman–Crippen MR) is 62.2 cm³/mol. The number of rotatable bonds is 5. The minimum Gasteiger partial charge on any atom is -0.481 e. The number of carboxylic acid groups (broad SMARTS) is 1. The van der Waals surface area contributed by atoms with Crippen molar-refractivity contribution in [1.29, 1.82) is 0 Å². The Kier molecular flexibility index (Phi) is 5.62. The first-order valence-electron chi connectivity index (χ1n) is 6.34. The van der Waals surface area contributed by atoms with E-state index in [1.54, 1.807) is 0 Å². The van der Waals surface area contributed by atoms with Gasteiger partial charge in [-0.1, -0.05) is 5.16 Å².